The molecule has 0 saturated carbocycles. The van der Waals surface area contributed by atoms with Crippen molar-refractivity contribution in [3.05, 3.63) is 29.8 Å². The minimum Gasteiger partial charge on any atom is -0.497 e. The Balaban J connectivity index is 1.48. The van der Waals surface area contributed by atoms with E-state index in [0.717, 1.165) is 24.2 Å². The summed E-state index contributed by atoms with van der Waals surface area (Å²) in [6, 6.07) is 7.85. The van der Waals surface area contributed by atoms with E-state index in [2.05, 4.69) is 6.92 Å². The lowest BCUT2D eigenvalue weighted by molar-refractivity contribution is 0.0234. The van der Waals surface area contributed by atoms with Crippen molar-refractivity contribution in [3.8, 4) is 5.75 Å². The summed E-state index contributed by atoms with van der Waals surface area (Å²) >= 11 is 0. The van der Waals surface area contributed by atoms with Crippen molar-refractivity contribution in [1.82, 2.24) is 4.90 Å². The molecule has 1 aromatic rings. The first kappa shape index (κ1) is 19.0. The lowest BCUT2D eigenvalue weighted by atomic mass is 10.0. The van der Waals surface area contributed by atoms with Crippen molar-refractivity contribution >= 4 is 6.09 Å². The first-order valence-corrected chi connectivity index (χ1v) is 9.94. The van der Waals surface area contributed by atoms with Gasteiger partial charge in [-0.05, 0) is 24.1 Å². The average Bonchev–Trinajstić information content (AvgIpc) is 3.18. The number of amides is 1. The monoisotopic (exact) mass is 361 g/mol. The van der Waals surface area contributed by atoms with Crippen molar-refractivity contribution in [2.75, 3.05) is 13.7 Å². The van der Waals surface area contributed by atoms with Gasteiger partial charge < -0.3 is 14.2 Å². The van der Waals surface area contributed by atoms with Gasteiger partial charge in [0.15, 0.2) is 6.10 Å². The summed E-state index contributed by atoms with van der Waals surface area (Å²) in [7, 11) is 1.65. The van der Waals surface area contributed by atoms with Crippen LogP contribution in [0.3, 0.4) is 0 Å². The molecule has 0 N–H and O–H groups in total. The maximum absolute atomic E-state index is 12.3. The molecule has 3 rings (SSSR count). The van der Waals surface area contributed by atoms with Crippen LogP contribution in [0.15, 0.2) is 24.3 Å². The number of hydrogen-bond acceptors (Lipinski definition) is 4. The first-order chi connectivity index (χ1) is 12.7. The summed E-state index contributed by atoms with van der Waals surface area (Å²) in [6.07, 6.45) is 8.29. The molecule has 0 radical (unpaired) electrons. The van der Waals surface area contributed by atoms with Crippen LogP contribution in [0.2, 0.25) is 0 Å². The zero-order chi connectivity index (χ0) is 18.4. The molecule has 0 bridgehead atoms. The van der Waals surface area contributed by atoms with E-state index in [4.69, 9.17) is 14.2 Å². The first-order valence-electron chi connectivity index (χ1n) is 9.94. The zero-order valence-electron chi connectivity index (χ0n) is 16.0. The Morgan fingerprint density at radius 3 is 2.58 bits per heavy atom. The number of ether oxygens (including phenoxy) is 3. The van der Waals surface area contributed by atoms with Gasteiger partial charge in [0.2, 0.25) is 0 Å². The minimum atomic E-state index is -0.216. The number of carbonyl (C=O) groups excluding carboxylic acids is 1. The van der Waals surface area contributed by atoms with Crippen LogP contribution in [0.4, 0.5) is 4.79 Å². The molecule has 1 aromatic carbocycles. The summed E-state index contributed by atoms with van der Waals surface area (Å²) in [5.41, 5.74) is 1.07. The van der Waals surface area contributed by atoms with E-state index in [1.165, 1.54) is 32.1 Å². The highest BCUT2D eigenvalue weighted by molar-refractivity contribution is 5.71. The maximum atomic E-state index is 12.3. The highest BCUT2D eigenvalue weighted by Crippen LogP contribution is 2.33. The topological polar surface area (TPSA) is 48.0 Å². The van der Waals surface area contributed by atoms with Gasteiger partial charge in [0.25, 0.3) is 0 Å². The average molecular weight is 361 g/mol. The molecule has 5 nitrogen and oxygen atoms in total. The van der Waals surface area contributed by atoms with Gasteiger partial charge in [-0.15, -0.1) is 0 Å². The summed E-state index contributed by atoms with van der Waals surface area (Å²) in [5, 5.41) is 0. The van der Waals surface area contributed by atoms with E-state index in [0.29, 0.717) is 13.2 Å². The van der Waals surface area contributed by atoms with Crippen LogP contribution >= 0.6 is 0 Å². The predicted molar refractivity (Wildman–Crippen MR) is 100 cm³/mol. The van der Waals surface area contributed by atoms with Gasteiger partial charge in [0, 0.05) is 6.54 Å². The molecular formula is C21H31NO4. The van der Waals surface area contributed by atoms with Gasteiger partial charge >= 0.3 is 6.09 Å². The highest BCUT2D eigenvalue weighted by atomic mass is 16.6. The molecule has 2 saturated heterocycles. The fraction of sp³-hybridized carbons (Fsp3) is 0.667. The van der Waals surface area contributed by atoms with Gasteiger partial charge in [-0.2, -0.15) is 0 Å². The molecule has 3 atom stereocenters. The summed E-state index contributed by atoms with van der Waals surface area (Å²) < 4.78 is 16.8. The maximum Gasteiger partial charge on any atom is 0.410 e. The van der Waals surface area contributed by atoms with Crippen LogP contribution in [0.25, 0.3) is 0 Å². The molecule has 144 valence electrons. The fourth-order valence-electron chi connectivity index (χ4n) is 3.88. The predicted octanol–water partition coefficient (Wildman–Crippen LogP) is 4.53. The lowest BCUT2D eigenvalue weighted by Gasteiger charge is -2.19. The second kappa shape index (κ2) is 9.26. The Hall–Kier alpha value is -1.75. The lowest BCUT2D eigenvalue weighted by Crippen LogP contribution is -2.36. The van der Waals surface area contributed by atoms with Gasteiger partial charge in [-0.25, -0.2) is 4.79 Å². The van der Waals surface area contributed by atoms with Crippen LogP contribution in [0.1, 0.15) is 57.4 Å². The van der Waals surface area contributed by atoms with Gasteiger partial charge in [0.1, 0.15) is 5.75 Å². The fourth-order valence-corrected chi connectivity index (χ4v) is 3.88. The largest absolute Gasteiger partial charge is 0.497 e. The van der Waals surface area contributed by atoms with E-state index >= 15 is 0 Å². The van der Waals surface area contributed by atoms with E-state index < -0.39 is 0 Å². The molecule has 0 spiro atoms. The molecular weight excluding hydrogens is 330 g/mol. The SMILES string of the molecule is CCCCCCCC[C@@H]1OC[C@H]2[C@@H]1OC(=O)N2Cc1ccc(OC)cc1. The molecule has 2 aliphatic rings. The highest BCUT2D eigenvalue weighted by Gasteiger charge is 2.50. The van der Waals surface area contributed by atoms with E-state index in [1.54, 1.807) is 7.11 Å². The second-order valence-electron chi connectivity index (χ2n) is 7.32. The molecule has 2 fully saturated rings. The molecule has 0 unspecified atom stereocenters. The summed E-state index contributed by atoms with van der Waals surface area (Å²) in [5.74, 6) is 0.818. The third-order valence-corrected chi connectivity index (χ3v) is 5.45. The third kappa shape index (κ3) is 4.50. The summed E-state index contributed by atoms with van der Waals surface area (Å²) in [4.78, 5) is 14.1. The number of methoxy groups -OCH3 is 1. The van der Waals surface area contributed by atoms with Crippen LogP contribution in [0, 0.1) is 0 Å². The number of rotatable bonds is 10. The van der Waals surface area contributed by atoms with Gasteiger partial charge in [-0.3, -0.25) is 4.90 Å². The second-order valence-corrected chi connectivity index (χ2v) is 7.32. The van der Waals surface area contributed by atoms with Crippen LogP contribution in [0.5, 0.6) is 5.75 Å². The standard InChI is InChI=1S/C21H31NO4/c1-3-4-5-6-7-8-9-19-20-18(15-25-19)22(21(23)26-20)14-16-10-12-17(24-2)13-11-16/h10-13,18-20H,3-9,14-15H2,1-2H3/t18-,19-,20-/m0/s1. The van der Waals surface area contributed by atoms with Crippen LogP contribution < -0.4 is 4.74 Å². The third-order valence-electron chi connectivity index (χ3n) is 5.45. The Kier molecular flexibility index (Phi) is 6.78. The van der Waals surface area contributed by atoms with Crippen molar-refractivity contribution < 1.29 is 19.0 Å². The van der Waals surface area contributed by atoms with Crippen molar-refractivity contribution in [1.29, 1.82) is 0 Å². The van der Waals surface area contributed by atoms with Gasteiger partial charge in [-0.1, -0.05) is 57.6 Å². The molecule has 5 heteroatoms. The molecule has 0 aliphatic carbocycles. The van der Waals surface area contributed by atoms with Crippen molar-refractivity contribution in [3.63, 3.8) is 0 Å². The quantitative estimate of drug-likeness (QED) is 0.574. The number of benzene rings is 1. The number of unbranched alkanes of at least 4 members (excludes halogenated alkanes) is 5. The van der Waals surface area contributed by atoms with Crippen LogP contribution in [-0.2, 0) is 16.0 Å². The summed E-state index contributed by atoms with van der Waals surface area (Å²) in [6.45, 7) is 3.36. The number of fused-ring (bicyclic) bond motifs is 1. The zero-order valence-corrected chi connectivity index (χ0v) is 16.0. The Morgan fingerprint density at radius 1 is 1.12 bits per heavy atom. The van der Waals surface area contributed by atoms with Crippen molar-refractivity contribution in [2.24, 2.45) is 0 Å². The molecule has 2 aliphatic heterocycles. The minimum absolute atomic E-state index is 0.0368. The smallest absolute Gasteiger partial charge is 0.410 e. The number of nitrogens with zero attached hydrogens (tertiary/aromatic N) is 1. The van der Waals surface area contributed by atoms with E-state index in [-0.39, 0.29) is 24.3 Å². The number of hydrogen-bond donors (Lipinski definition) is 0. The Bertz CT molecular complexity index is 574. The normalized spacial score (nSPS) is 24.6. The van der Waals surface area contributed by atoms with Crippen molar-refractivity contribution in [2.45, 2.75) is 76.7 Å². The number of carbonyl (C=O) groups is 1. The molecule has 26 heavy (non-hydrogen) atoms. The van der Waals surface area contributed by atoms with E-state index in [9.17, 15) is 4.79 Å². The van der Waals surface area contributed by atoms with Gasteiger partial charge in [0.05, 0.1) is 25.9 Å². The molecule has 0 aromatic heterocycles. The van der Waals surface area contributed by atoms with Crippen LogP contribution in [-0.4, -0.2) is 43.0 Å². The Morgan fingerprint density at radius 2 is 1.85 bits per heavy atom. The molecule has 1 amide bonds. The Labute approximate surface area is 156 Å². The molecule has 2 heterocycles. The van der Waals surface area contributed by atoms with E-state index in [1.807, 2.05) is 29.2 Å².